The van der Waals surface area contributed by atoms with Crippen LogP contribution in [0.3, 0.4) is 0 Å². The molecule has 0 spiro atoms. The van der Waals surface area contributed by atoms with Crippen molar-refractivity contribution in [1.82, 2.24) is 15.1 Å². The molecule has 3 rings (SSSR count). The number of aromatic nitrogens is 2. The van der Waals surface area contributed by atoms with Gasteiger partial charge in [-0.05, 0) is 42.8 Å². The van der Waals surface area contributed by atoms with Gasteiger partial charge in [0.1, 0.15) is 0 Å². The standard InChI is InChI=1S/C18H19N5O3/c1-14-2-8-17(20-19-14)21-10-12-22(13-11-21)18(24)9-5-15-3-6-16(7-4-15)23(25)26/h2-9H,10-13H2,1H3/b9-5+. The van der Waals surface area contributed by atoms with E-state index < -0.39 is 4.92 Å². The second-order valence-electron chi connectivity index (χ2n) is 6.03. The predicted molar refractivity (Wildman–Crippen MR) is 97.7 cm³/mol. The number of benzene rings is 1. The van der Waals surface area contributed by atoms with E-state index in [9.17, 15) is 14.9 Å². The Balaban J connectivity index is 1.54. The number of carbonyl (C=O) groups excluding carboxylic acids is 1. The van der Waals surface area contributed by atoms with Crippen molar-refractivity contribution in [2.75, 3.05) is 31.1 Å². The van der Waals surface area contributed by atoms with E-state index in [1.165, 1.54) is 18.2 Å². The highest BCUT2D eigenvalue weighted by molar-refractivity contribution is 5.92. The first-order valence-corrected chi connectivity index (χ1v) is 8.29. The van der Waals surface area contributed by atoms with Crippen molar-refractivity contribution >= 4 is 23.5 Å². The number of hydrogen-bond acceptors (Lipinski definition) is 6. The summed E-state index contributed by atoms with van der Waals surface area (Å²) >= 11 is 0. The summed E-state index contributed by atoms with van der Waals surface area (Å²) in [6, 6.07) is 9.95. The number of anilines is 1. The number of nitro groups is 1. The average Bonchev–Trinajstić information content (AvgIpc) is 2.67. The highest BCUT2D eigenvalue weighted by Gasteiger charge is 2.20. The number of carbonyl (C=O) groups is 1. The molecule has 1 saturated heterocycles. The normalized spacial score (nSPS) is 14.7. The Morgan fingerprint density at radius 1 is 1.08 bits per heavy atom. The third-order valence-electron chi connectivity index (χ3n) is 4.22. The van der Waals surface area contributed by atoms with Crippen LogP contribution in [0.15, 0.2) is 42.5 Å². The fourth-order valence-corrected chi connectivity index (χ4v) is 2.70. The minimum atomic E-state index is -0.448. The van der Waals surface area contributed by atoms with Crippen LogP contribution in [-0.2, 0) is 4.79 Å². The molecule has 26 heavy (non-hydrogen) atoms. The molecule has 1 amide bonds. The van der Waals surface area contributed by atoms with E-state index in [1.54, 1.807) is 23.1 Å². The van der Waals surface area contributed by atoms with Crippen molar-refractivity contribution in [2.45, 2.75) is 6.92 Å². The van der Waals surface area contributed by atoms with E-state index >= 15 is 0 Å². The number of aryl methyl sites for hydroxylation is 1. The Morgan fingerprint density at radius 2 is 1.77 bits per heavy atom. The molecule has 8 heteroatoms. The van der Waals surface area contributed by atoms with Crippen LogP contribution in [0.1, 0.15) is 11.3 Å². The Hall–Kier alpha value is -3.29. The second kappa shape index (κ2) is 7.73. The number of rotatable bonds is 4. The summed E-state index contributed by atoms with van der Waals surface area (Å²) in [5.74, 6) is 0.752. The summed E-state index contributed by atoms with van der Waals surface area (Å²) in [5.41, 5.74) is 1.65. The first-order chi connectivity index (χ1) is 12.5. The van der Waals surface area contributed by atoms with E-state index in [0.717, 1.165) is 17.1 Å². The lowest BCUT2D eigenvalue weighted by atomic mass is 10.2. The van der Waals surface area contributed by atoms with Gasteiger partial charge in [-0.3, -0.25) is 14.9 Å². The van der Waals surface area contributed by atoms with E-state index in [1.807, 2.05) is 19.1 Å². The maximum absolute atomic E-state index is 12.3. The Bertz CT molecular complexity index is 810. The van der Waals surface area contributed by atoms with Gasteiger partial charge in [0.15, 0.2) is 5.82 Å². The molecule has 0 saturated carbocycles. The molecule has 0 aliphatic carbocycles. The van der Waals surface area contributed by atoms with Crippen molar-refractivity contribution in [3.05, 3.63) is 63.8 Å². The Labute approximate surface area is 150 Å². The molecule has 8 nitrogen and oxygen atoms in total. The zero-order valence-corrected chi connectivity index (χ0v) is 14.4. The molecule has 0 atom stereocenters. The zero-order chi connectivity index (χ0) is 18.5. The van der Waals surface area contributed by atoms with E-state index in [0.29, 0.717) is 26.2 Å². The van der Waals surface area contributed by atoms with Gasteiger partial charge in [-0.1, -0.05) is 0 Å². The number of hydrogen-bond donors (Lipinski definition) is 0. The molecule has 1 fully saturated rings. The van der Waals surface area contributed by atoms with Gasteiger partial charge in [0, 0.05) is 44.4 Å². The van der Waals surface area contributed by atoms with Crippen molar-refractivity contribution in [3.8, 4) is 0 Å². The van der Waals surface area contributed by atoms with Gasteiger partial charge in [0.05, 0.1) is 10.6 Å². The Kier molecular flexibility index (Phi) is 5.21. The molecule has 1 aromatic carbocycles. The van der Waals surface area contributed by atoms with Crippen LogP contribution < -0.4 is 4.90 Å². The van der Waals surface area contributed by atoms with Gasteiger partial charge in [-0.25, -0.2) is 0 Å². The summed E-state index contributed by atoms with van der Waals surface area (Å²) < 4.78 is 0. The van der Waals surface area contributed by atoms with Gasteiger partial charge < -0.3 is 9.80 Å². The molecule has 0 N–H and O–H groups in total. The highest BCUT2D eigenvalue weighted by atomic mass is 16.6. The lowest BCUT2D eigenvalue weighted by Gasteiger charge is -2.34. The molecule has 134 valence electrons. The quantitative estimate of drug-likeness (QED) is 0.474. The smallest absolute Gasteiger partial charge is 0.269 e. The molecular weight excluding hydrogens is 334 g/mol. The van der Waals surface area contributed by atoms with Gasteiger partial charge in [0.2, 0.25) is 5.91 Å². The van der Waals surface area contributed by atoms with Crippen molar-refractivity contribution in [3.63, 3.8) is 0 Å². The number of amides is 1. The largest absolute Gasteiger partial charge is 0.352 e. The second-order valence-corrected chi connectivity index (χ2v) is 6.03. The molecule has 1 aromatic heterocycles. The third-order valence-corrected chi connectivity index (χ3v) is 4.22. The van der Waals surface area contributed by atoms with Gasteiger partial charge in [0.25, 0.3) is 5.69 Å². The lowest BCUT2D eigenvalue weighted by Crippen LogP contribution is -2.48. The molecular formula is C18H19N5O3. The van der Waals surface area contributed by atoms with Crippen LogP contribution in [0.25, 0.3) is 6.08 Å². The van der Waals surface area contributed by atoms with Gasteiger partial charge >= 0.3 is 0 Å². The molecule has 0 unspecified atom stereocenters. The first kappa shape index (κ1) is 17.5. The van der Waals surface area contributed by atoms with Gasteiger partial charge in [-0.2, -0.15) is 5.10 Å². The van der Waals surface area contributed by atoms with Crippen molar-refractivity contribution in [2.24, 2.45) is 0 Å². The Morgan fingerprint density at radius 3 is 2.35 bits per heavy atom. The number of non-ortho nitro benzene ring substituents is 1. The lowest BCUT2D eigenvalue weighted by molar-refractivity contribution is -0.384. The van der Waals surface area contributed by atoms with Crippen molar-refractivity contribution < 1.29 is 9.72 Å². The average molecular weight is 353 g/mol. The van der Waals surface area contributed by atoms with Crippen LogP contribution in [0, 0.1) is 17.0 Å². The molecule has 0 radical (unpaired) electrons. The fourth-order valence-electron chi connectivity index (χ4n) is 2.70. The van der Waals surface area contributed by atoms with E-state index in [2.05, 4.69) is 15.1 Å². The summed E-state index contributed by atoms with van der Waals surface area (Å²) in [4.78, 5) is 26.4. The SMILES string of the molecule is Cc1ccc(N2CCN(C(=O)/C=C/c3ccc([N+](=O)[O-])cc3)CC2)nn1. The molecule has 1 aliphatic rings. The van der Waals surface area contributed by atoms with Crippen LogP contribution in [0.5, 0.6) is 0 Å². The van der Waals surface area contributed by atoms with Crippen molar-refractivity contribution in [1.29, 1.82) is 0 Å². The van der Waals surface area contributed by atoms with Crippen LogP contribution in [0.4, 0.5) is 11.5 Å². The van der Waals surface area contributed by atoms with Crippen LogP contribution in [-0.4, -0.2) is 52.1 Å². The molecule has 2 heterocycles. The minimum Gasteiger partial charge on any atom is -0.352 e. The summed E-state index contributed by atoms with van der Waals surface area (Å²) in [7, 11) is 0. The molecule has 0 bridgehead atoms. The summed E-state index contributed by atoms with van der Waals surface area (Å²) in [6.07, 6.45) is 3.17. The van der Waals surface area contributed by atoms with E-state index in [4.69, 9.17) is 0 Å². The monoisotopic (exact) mass is 353 g/mol. The maximum Gasteiger partial charge on any atom is 0.269 e. The number of nitrogens with zero attached hydrogens (tertiary/aromatic N) is 5. The third kappa shape index (κ3) is 4.21. The van der Waals surface area contributed by atoms with Crippen LogP contribution in [0.2, 0.25) is 0 Å². The minimum absolute atomic E-state index is 0.0313. The predicted octanol–water partition coefficient (Wildman–Crippen LogP) is 2.06. The summed E-state index contributed by atoms with van der Waals surface area (Å²) in [6.45, 7) is 4.52. The molecule has 2 aromatic rings. The number of nitro benzene ring substituents is 1. The van der Waals surface area contributed by atoms with Gasteiger partial charge in [-0.15, -0.1) is 5.10 Å². The topological polar surface area (TPSA) is 92.5 Å². The zero-order valence-electron chi connectivity index (χ0n) is 14.4. The highest BCUT2D eigenvalue weighted by Crippen LogP contribution is 2.15. The summed E-state index contributed by atoms with van der Waals surface area (Å²) in [5, 5.41) is 18.9. The van der Waals surface area contributed by atoms with Crippen LogP contribution >= 0.6 is 0 Å². The molecule has 1 aliphatic heterocycles. The maximum atomic E-state index is 12.3. The first-order valence-electron chi connectivity index (χ1n) is 8.29. The van der Waals surface area contributed by atoms with E-state index in [-0.39, 0.29) is 11.6 Å². The number of piperazine rings is 1. The fraction of sp³-hybridized carbons (Fsp3) is 0.278.